The second kappa shape index (κ2) is 8.90. The van der Waals surface area contributed by atoms with Crippen molar-refractivity contribution in [2.24, 2.45) is 5.92 Å². The Labute approximate surface area is 184 Å². The molecule has 0 aliphatic carbocycles. The molecule has 152 valence electrons. The summed E-state index contributed by atoms with van der Waals surface area (Å²) in [4.78, 5) is 18.1. The summed E-state index contributed by atoms with van der Waals surface area (Å²) in [6.45, 7) is 5.47. The first-order valence-corrected chi connectivity index (χ1v) is 14.0. The van der Waals surface area contributed by atoms with E-state index >= 15 is 0 Å². The minimum atomic E-state index is 0.0165. The Balaban J connectivity index is 1.67. The number of ether oxygens (including phenoxy) is 1. The van der Waals surface area contributed by atoms with Gasteiger partial charge in [0.2, 0.25) is 0 Å². The van der Waals surface area contributed by atoms with Gasteiger partial charge in [-0.3, -0.25) is 0 Å². The first-order valence-electron chi connectivity index (χ1n) is 9.35. The quantitative estimate of drug-likeness (QED) is 0.294. The standard InChI is InChI=1S/C19H23AsN6OS2/c1-11(2)9-20-7-8-26-17-14(16(21)22-10-23-17)25-18(26)29-19-24-12-5-4-6-13(27-3)15(12)28-19/h4-6,10-11,20H,7-9H2,1-3H3,(H2,21,22,23). The molecular formula is C19H23AsN6OS2. The van der Waals surface area contributed by atoms with Gasteiger partial charge in [-0.15, -0.1) is 0 Å². The van der Waals surface area contributed by atoms with E-state index in [-0.39, 0.29) is 15.8 Å². The topological polar surface area (TPSA) is 91.7 Å². The van der Waals surface area contributed by atoms with Gasteiger partial charge >= 0.3 is 185 Å². The van der Waals surface area contributed by atoms with E-state index < -0.39 is 0 Å². The maximum absolute atomic E-state index is 6.07. The Kier molecular flexibility index (Phi) is 6.27. The van der Waals surface area contributed by atoms with Crippen LogP contribution in [0.25, 0.3) is 21.4 Å². The average molecular weight is 490 g/mol. The van der Waals surface area contributed by atoms with Gasteiger partial charge in [0, 0.05) is 0 Å². The molecule has 2 N–H and O–H groups in total. The molecule has 4 aromatic rings. The van der Waals surface area contributed by atoms with Gasteiger partial charge in [0.25, 0.3) is 0 Å². The summed E-state index contributed by atoms with van der Waals surface area (Å²) in [5.41, 5.74) is 8.47. The van der Waals surface area contributed by atoms with Gasteiger partial charge < -0.3 is 0 Å². The van der Waals surface area contributed by atoms with Crippen molar-refractivity contribution in [3.05, 3.63) is 24.5 Å². The summed E-state index contributed by atoms with van der Waals surface area (Å²) in [5, 5.41) is 3.39. The van der Waals surface area contributed by atoms with Crippen LogP contribution < -0.4 is 10.5 Å². The molecule has 4 rings (SSSR count). The molecule has 1 unspecified atom stereocenters. The molecule has 29 heavy (non-hydrogen) atoms. The third kappa shape index (κ3) is 4.37. The molecule has 0 aliphatic rings. The number of hydrogen-bond donors (Lipinski definition) is 1. The van der Waals surface area contributed by atoms with Crippen LogP contribution in [0.2, 0.25) is 10.4 Å². The molecule has 0 aliphatic heterocycles. The first kappa shape index (κ1) is 20.4. The van der Waals surface area contributed by atoms with Gasteiger partial charge in [0.1, 0.15) is 0 Å². The van der Waals surface area contributed by atoms with Gasteiger partial charge in [-0.25, -0.2) is 0 Å². The van der Waals surface area contributed by atoms with E-state index in [1.807, 2.05) is 18.2 Å². The maximum atomic E-state index is 6.07. The summed E-state index contributed by atoms with van der Waals surface area (Å²) in [6.07, 6.45) is 1.51. The number of benzene rings is 1. The van der Waals surface area contributed by atoms with E-state index in [0.29, 0.717) is 11.3 Å². The number of nitrogens with zero attached hydrogens (tertiary/aromatic N) is 5. The number of nitrogens with two attached hydrogens (primary N) is 1. The Morgan fingerprint density at radius 1 is 1.28 bits per heavy atom. The van der Waals surface area contributed by atoms with Crippen LogP contribution in [0.5, 0.6) is 5.75 Å². The number of thiazole rings is 1. The predicted molar refractivity (Wildman–Crippen MR) is 122 cm³/mol. The molecule has 10 heteroatoms. The Morgan fingerprint density at radius 3 is 2.93 bits per heavy atom. The van der Waals surface area contributed by atoms with Crippen molar-refractivity contribution in [2.75, 3.05) is 12.8 Å². The van der Waals surface area contributed by atoms with Crippen molar-refractivity contribution in [3.63, 3.8) is 0 Å². The molecule has 7 nitrogen and oxygen atoms in total. The Morgan fingerprint density at radius 2 is 2.14 bits per heavy atom. The van der Waals surface area contributed by atoms with Crippen LogP contribution in [0.4, 0.5) is 5.82 Å². The second-order valence-corrected chi connectivity index (χ2v) is 12.1. The van der Waals surface area contributed by atoms with Crippen molar-refractivity contribution in [2.45, 2.75) is 40.3 Å². The normalized spacial score (nSPS) is 12.1. The number of nitrogen functional groups attached to an aromatic ring is 1. The molecule has 0 radical (unpaired) electrons. The van der Waals surface area contributed by atoms with Crippen LogP contribution in [0.3, 0.4) is 0 Å². The van der Waals surface area contributed by atoms with E-state index in [9.17, 15) is 0 Å². The van der Waals surface area contributed by atoms with Crippen LogP contribution in [-0.4, -0.2) is 47.4 Å². The Bertz CT molecular complexity index is 1140. The SMILES string of the molecule is COc1cccc2nc(Sc3nc4c(N)ncnc4n3CC[AsH]CC(C)C)sc12. The van der Waals surface area contributed by atoms with Crippen molar-refractivity contribution in [1.29, 1.82) is 0 Å². The van der Waals surface area contributed by atoms with Crippen LogP contribution >= 0.6 is 23.1 Å². The molecule has 1 aromatic carbocycles. The van der Waals surface area contributed by atoms with E-state index in [4.69, 9.17) is 20.4 Å². The molecule has 1 atom stereocenters. The van der Waals surface area contributed by atoms with Crippen LogP contribution in [0, 0.1) is 5.92 Å². The minimum absolute atomic E-state index is 0.0165. The number of methoxy groups -OCH3 is 1. The summed E-state index contributed by atoms with van der Waals surface area (Å²) in [5.74, 6) is 2.02. The van der Waals surface area contributed by atoms with Gasteiger partial charge in [-0.2, -0.15) is 0 Å². The summed E-state index contributed by atoms with van der Waals surface area (Å²) >= 11 is 3.18. The van der Waals surface area contributed by atoms with Gasteiger partial charge in [-0.05, 0) is 0 Å². The predicted octanol–water partition coefficient (Wildman–Crippen LogP) is 4.11. The number of aromatic nitrogens is 5. The van der Waals surface area contributed by atoms with Gasteiger partial charge in [0.05, 0.1) is 0 Å². The summed E-state index contributed by atoms with van der Waals surface area (Å²) in [7, 11) is 1.68. The zero-order valence-corrected chi connectivity index (χ0v) is 20.3. The van der Waals surface area contributed by atoms with Crippen LogP contribution in [-0.2, 0) is 6.54 Å². The number of fused-ring (bicyclic) bond motifs is 2. The fourth-order valence-corrected chi connectivity index (χ4v) is 7.58. The van der Waals surface area contributed by atoms with Crippen LogP contribution in [0.15, 0.2) is 34.0 Å². The van der Waals surface area contributed by atoms with E-state index in [1.165, 1.54) is 16.7 Å². The molecule has 0 amide bonds. The molecule has 0 spiro atoms. The fraction of sp³-hybridized carbons (Fsp3) is 0.368. The van der Waals surface area contributed by atoms with Crippen molar-refractivity contribution in [1.82, 2.24) is 24.5 Å². The number of imidazole rings is 1. The van der Waals surface area contributed by atoms with E-state index in [1.54, 1.807) is 30.2 Å². The third-order valence-corrected chi connectivity index (χ3v) is 10.0. The molecule has 0 fully saturated rings. The molecule has 0 saturated carbocycles. The second-order valence-electron chi connectivity index (χ2n) is 6.97. The van der Waals surface area contributed by atoms with Crippen LogP contribution in [0.1, 0.15) is 13.8 Å². The molecule has 3 aromatic heterocycles. The van der Waals surface area contributed by atoms with Crippen molar-refractivity contribution < 1.29 is 4.74 Å². The van der Waals surface area contributed by atoms with Crippen molar-refractivity contribution in [3.8, 4) is 5.75 Å². The number of rotatable bonds is 8. The molecule has 3 heterocycles. The van der Waals surface area contributed by atoms with Crippen molar-refractivity contribution >= 4 is 66.0 Å². The Hall–Kier alpha value is -1.83. The third-order valence-electron chi connectivity index (χ3n) is 4.35. The number of aryl methyl sites for hydroxylation is 1. The molecule has 0 bridgehead atoms. The molecule has 0 saturated heterocycles. The average Bonchev–Trinajstić information content (AvgIpc) is 3.27. The van der Waals surface area contributed by atoms with E-state index in [0.717, 1.165) is 43.6 Å². The summed E-state index contributed by atoms with van der Waals surface area (Å²) < 4.78 is 9.61. The zero-order chi connectivity index (χ0) is 20.4. The number of anilines is 1. The van der Waals surface area contributed by atoms with Gasteiger partial charge in [0.15, 0.2) is 0 Å². The van der Waals surface area contributed by atoms with E-state index in [2.05, 4.69) is 28.4 Å². The summed E-state index contributed by atoms with van der Waals surface area (Å²) in [6, 6.07) is 5.92. The zero-order valence-electron chi connectivity index (χ0n) is 16.5. The fourth-order valence-electron chi connectivity index (χ4n) is 2.98. The molecular weight excluding hydrogens is 467 g/mol. The first-order chi connectivity index (χ1) is 14.1. The number of hydrogen-bond acceptors (Lipinski definition) is 8. The van der Waals surface area contributed by atoms with Gasteiger partial charge in [-0.1, -0.05) is 0 Å². The monoisotopic (exact) mass is 490 g/mol.